The number of nitrogens with one attached hydrogen (secondary N) is 1. The van der Waals surface area contributed by atoms with Gasteiger partial charge in [-0.05, 0) is 12.1 Å². The van der Waals surface area contributed by atoms with Gasteiger partial charge in [-0.25, -0.2) is 0 Å². The Kier molecular flexibility index (Phi) is 6.76. The van der Waals surface area contributed by atoms with Crippen LogP contribution in [0, 0.1) is 12.3 Å². The molecule has 0 fully saturated rings. The topological polar surface area (TPSA) is 38.3 Å². The fourth-order valence-corrected chi connectivity index (χ4v) is 1.73. The number of ether oxygens (including phenoxy) is 1. The highest BCUT2D eigenvalue weighted by Crippen LogP contribution is 2.09. The molecule has 0 aliphatic carbocycles. The first-order chi connectivity index (χ1) is 8.33. The van der Waals surface area contributed by atoms with E-state index in [1.807, 2.05) is 30.3 Å². The van der Waals surface area contributed by atoms with Gasteiger partial charge in [0.25, 0.3) is 0 Å². The Morgan fingerprint density at radius 1 is 1.41 bits per heavy atom. The van der Waals surface area contributed by atoms with E-state index in [1.54, 1.807) is 0 Å². The van der Waals surface area contributed by atoms with Gasteiger partial charge >= 0.3 is 0 Å². The standard InChI is InChI=1S/C13H15NO2S/c1-2-8-14-13(15)11-17-10-9-16-12-6-4-3-5-7-12/h1,3-7H,8-11H2,(H,14,15). The van der Waals surface area contributed by atoms with E-state index in [9.17, 15) is 4.79 Å². The Morgan fingerprint density at radius 3 is 2.88 bits per heavy atom. The van der Waals surface area contributed by atoms with E-state index < -0.39 is 0 Å². The molecule has 0 heterocycles. The Morgan fingerprint density at radius 2 is 2.18 bits per heavy atom. The fourth-order valence-electron chi connectivity index (χ4n) is 1.10. The molecule has 4 heteroatoms. The summed E-state index contributed by atoms with van der Waals surface area (Å²) in [6, 6.07) is 9.61. The maximum absolute atomic E-state index is 11.2. The van der Waals surface area contributed by atoms with Crippen LogP contribution in [0.4, 0.5) is 0 Å². The molecule has 1 amide bonds. The summed E-state index contributed by atoms with van der Waals surface area (Å²) in [6.45, 7) is 0.886. The molecule has 0 aliphatic heterocycles. The summed E-state index contributed by atoms with van der Waals surface area (Å²) >= 11 is 1.53. The highest BCUT2D eigenvalue weighted by atomic mass is 32.2. The molecule has 90 valence electrons. The summed E-state index contributed by atoms with van der Waals surface area (Å²) < 4.78 is 5.48. The third-order valence-electron chi connectivity index (χ3n) is 1.86. The number of hydrogen-bond donors (Lipinski definition) is 1. The minimum absolute atomic E-state index is 0.0346. The molecule has 1 aromatic rings. The van der Waals surface area contributed by atoms with E-state index in [-0.39, 0.29) is 5.91 Å². The zero-order chi connectivity index (χ0) is 12.3. The van der Waals surface area contributed by atoms with Crippen LogP contribution < -0.4 is 10.1 Å². The van der Waals surface area contributed by atoms with E-state index in [4.69, 9.17) is 11.2 Å². The molecule has 0 bridgehead atoms. The van der Waals surface area contributed by atoms with Gasteiger partial charge in [-0.2, -0.15) is 0 Å². The lowest BCUT2D eigenvalue weighted by Crippen LogP contribution is -2.25. The van der Waals surface area contributed by atoms with Crippen LogP contribution in [0.3, 0.4) is 0 Å². The lowest BCUT2D eigenvalue weighted by molar-refractivity contribution is -0.118. The van der Waals surface area contributed by atoms with Gasteiger partial charge in [-0.1, -0.05) is 24.1 Å². The van der Waals surface area contributed by atoms with E-state index in [0.717, 1.165) is 11.5 Å². The van der Waals surface area contributed by atoms with Crippen LogP contribution in [0.2, 0.25) is 0 Å². The Hall–Kier alpha value is -1.60. The normalized spacial score (nSPS) is 9.35. The van der Waals surface area contributed by atoms with Gasteiger partial charge in [-0.3, -0.25) is 4.79 Å². The number of hydrogen-bond acceptors (Lipinski definition) is 3. The average Bonchev–Trinajstić information content (AvgIpc) is 2.37. The minimum Gasteiger partial charge on any atom is -0.493 e. The smallest absolute Gasteiger partial charge is 0.230 e. The minimum atomic E-state index is -0.0346. The zero-order valence-corrected chi connectivity index (χ0v) is 10.3. The highest BCUT2D eigenvalue weighted by Gasteiger charge is 1.99. The van der Waals surface area contributed by atoms with Crippen molar-refractivity contribution in [3.8, 4) is 18.1 Å². The SMILES string of the molecule is C#CCNC(=O)CSCCOc1ccccc1. The molecule has 0 aliphatic rings. The summed E-state index contributed by atoms with van der Waals surface area (Å²) in [5.41, 5.74) is 0. The van der Waals surface area contributed by atoms with Crippen molar-refractivity contribution < 1.29 is 9.53 Å². The predicted molar refractivity (Wildman–Crippen MR) is 71.1 cm³/mol. The van der Waals surface area contributed by atoms with E-state index in [2.05, 4.69) is 11.2 Å². The van der Waals surface area contributed by atoms with Gasteiger partial charge in [0.1, 0.15) is 5.75 Å². The second-order valence-electron chi connectivity index (χ2n) is 3.19. The average molecular weight is 249 g/mol. The molecule has 0 unspecified atom stereocenters. The lowest BCUT2D eigenvalue weighted by atomic mass is 10.3. The number of rotatable bonds is 7. The first-order valence-electron chi connectivity index (χ1n) is 5.28. The largest absolute Gasteiger partial charge is 0.493 e. The van der Waals surface area contributed by atoms with Crippen molar-refractivity contribution >= 4 is 17.7 Å². The van der Waals surface area contributed by atoms with E-state index in [1.165, 1.54) is 11.8 Å². The maximum atomic E-state index is 11.2. The fraction of sp³-hybridized carbons (Fsp3) is 0.308. The zero-order valence-electron chi connectivity index (χ0n) is 9.52. The highest BCUT2D eigenvalue weighted by molar-refractivity contribution is 7.99. The Balaban J connectivity index is 2.02. The molecule has 0 saturated heterocycles. The number of carbonyl (C=O) groups excluding carboxylic acids is 1. The molecule has 0 saturated carbocycles. The second-order valence-corrected chi connectivity index (χ2v) is 4.30. The number of benzene rings is 1. The maximum Gasteiger partial charge on any atom is 0.230 e. The Labute approximate surface area is 106 Å². The first-order valence-corrected chi connectivity index (χ1v) is 6.44. The van der Waals surface area contributed by atoms with Crippen molar-refractivity contribution in [2.75, 3.05) is 24.7 Å². The Bertz CT molecular complexity index is 373. The van der Waals surface area contributed by atoms with Crippen molar-refractivity contribution in [2.24, 2.45) is 0 Å². The van der Waals surface area contributed by atoms with Crippen molar-refractivity contribution in [3.63, 3.8) is 0 Å². The molecular formula is C13H15NO2S. The van der Waals surface area contributed by atoms with Gasteiger partial charge in [-0.15, -0.1) is 18.2 Å². The molecule has 0 radical (unpaired) electrons. The first kappa shape index (κ1) is 13.5. The molecule has 3 nitrogen and oxygen atoms in total. The number of carbonyl (C=O) groups is 1. The molecular weight excluding hydrogens is 234 g/mol. The van der Waals surface area contributed by atoms with Crippen molar-refractivity contribution in [3.05, 3.63) is 30.3 Å². The molecule has 1 N–H and O–H groups in total. The summed E-state index contributed by atoms with van der Waals surface area (Å²) in [7, 11) is 0. The molecule has 17 heavy (non-hydrogen) atoms. The van der Waals surface area contributed by atoms with Crippen molar-refractivity contribution in [2.45, 2.75) is 0 Å². The van der Waals surface area contributed by atoms with Crippen LogP contribution >= 0.6 is 11.8 Å². The summed E-state index contributed by atoms with van der Waals surface area (Å²) in [5, 5.41) is 2.60. The molecule has 0 aromatic heterocycles. The van der Waals surface area contributed by atoms with Crippen LogP contribution in [0.15, 0.2) is 30.3 Å². The van der Waals surface area contributed by atoms with E-state index in [0.29, 0.717) is 18.9 Å². The van der Waals surface area contributed by atoms with E-state index >= 15 is 0 Å². The number of para-hydroxylation sites is 1. The molecule has 0 spiro atoms. The quantitative estimate of drug-likeness (QED) is 0.588. The second kappa shape index (κ2) is 8.54. The van der Waals surface area contributed by atoms with Crippen LogP contribution in [-0.2, 0) is 4.79 Å². The predicted octanol–water partition coefficient (Wildman–Crippen LogP) is 1.55. The number of terminal acetylenes is 1. The van der Waals surface area contributed by atoms with Crippen LogP contribution in [0.5, 0.6) is 5.75 Å². The van der Waals surface area contributed by atoms with Gasteiger partial charge in [0, 0.05) is 5.75 Å². The number of amides is 1. The van der Waals surface area contributed by atoms with Gasteiger partial charge < -0.3 is 10.1 Å². The van der Waals surface area contributed by atoms with Crippen LogP contribution in [0.25, 0.3) is 0 Å². The van der Waals surface area contributed by atoms with Crippen LogP contribution in [0.1, 0.15) is 0 Å². The van der Waals surface area contributed by atoms with Gasteiger partial charge in [0.05, 0.1) is 18.9 Å². The van der Waals surface area contributed by atoms with Gasteiger partial charge in [0.2, 0.25) is 5.91 Å². The number of thioether (sulfide) groups is 1. The third-order valence-corrected chi connectivity index (χ3v) is 2.78. The lowest BCUT2D eigenvalue weighted by Gasteiger charge is -2.05. The monoisotopic (exact) mass is 249 g/mol. The molecule has 1 aromatic carbocycles. The van der Waals surface area contributed by atoms with Crippen LogP contribution in [-0.4, -0.2) is 30.6 Å². The van der Waals surface area contributed by atoms with Crippen molar-refractivity contribution in [1.82, 2.24) is 5.32 Å². The molecule has 0 atom stereocenters. The molecule has 1 rings (SSSR count). The summed E-state index contributed by atoms with van der Waals surface area (Å²) in [6.07, 6.45) is 5.03. The van der Waals surface area contributed by atoms with Crippen molar-refractivity contribution in [1.29, 1.82) is 0 Å². The summed E-state index contributed by atoms with van der Waals surface area (Å²) in [5.74, 6) is 4.37. The third kappa shape index (κ3) is 6.54. The summed E-state index contributed by atoms with van der Waals surface area (Å²) in [4.78, 5) is 11.2. The van der Waals surface area contributed by atoms with Gasteiger partial charge in [0.15, 0.2) is 0 Å².